The summed E-state index contributed by atoms with van der Waals surface area (Å²) in [7, 11) is 1.65. The molecular weight excluding hydrogens is 318 g/mol. The predicted octanol–water partition coefficient (Wildman–Crippen LogP) is 3.01. The monoisotopic (exact) mass is 343 g/mol. The number of benzene rings is 1. The van der Waals surface area contributed by atoms with Gasteiger partial charge in [-0.1, -0.05) is 12.1 Å². The number of aliphatic hydroxyl groups excluding tert-OH is 1. The maximum absolute atomic E-state index is 12.0. The van der Waals surface area contributed by atoms with Crippen LogP contribution in [0.5, 0.6) is 11.6 Å². The highest BCUT2D eigenvalue weighted by molar-refractivity contribution is 5.74. The van der Waals surface area contributed by atoms with E-state index in [1.54, 1.807) is 26.2 Å². The number of amides is 2. The molecule has 0 fully saturated rings. The Labute approximate surface area is 148 Å². The van der Waals surface area contributed by atoms with Gasteiger partial charge in [-0.05, 0) is 49.6 Å². The Morgan fingerprint density at radius 3 is 2.84 bits per heavy atom. The number of nitrogens with one attached hydrogen (secondary N) is 1. The maximum atomic E-state index is 12.0. The van der Waals surface area contributed by atoms with Crippen molar-refractivity contribution in [3.63, 3.8) is 0 Å². The fourth-order valence-electron chi connectivity index (χ4n) is 2.19. The van der Waals surface area contributed by atoms with Crippen LogP contribution in [0.1, 0.15) is 23.6 Å². The number of likely N-dealkylation sites (N-methyl/N-ethyl adjacent to an activating group) is 1. The quantitative estimate of drug-likeness (QED) is 0.845. The van der Waals surface area contributed by atoms with E-state index in [2.05, 4.69) is 10.3 Å². The summed E-state index contributed by atoms with van der Waals surface area (Å²) < 4.78 is 5.87. The number of aryl methyl sites for hydroxylation is 1. The number of aromatic nitrogens is 1. The second kappa shape index (κ2) is 8.48. The lowest BCUT2D eigenvalue weighted by atomic mass is 10.1. The first-order valence-corrected chi connectivity index (χ1v) is 8.23. The van der Waals surface area contributed by atoms with Crippen LogP contribution in [0.25, 0.3) is 0 Å². The van der Waals surface area contributed by atoms with Crippen molar-refractivity contribution in [3.8, 4) is 11.6 Å². The second-order valence-corrected chi connectivity index (χ2v) is 6.10. The molecule has 0 bridgehead atoms. The molecule has 6 heteroatoms. The average molecular weight is 343 g/mol. The summed E-state index contributed by atoms with van der Waals surface area (Å²) >= 11 is 0. The van der Waals surface area contributed by atoms with E-state index in [4.69, 9.17) is 9.84 Å². The molecule has 2 amide bonds. The zero-order valence-electron chi connectivity index (χ0n) is 15.1. The van der Waals surface area contributed by atoms with Gasteiger partial charge in [0.1, 0.15) is 5.75 Å². The van der Waals surface area contributed by atoms with Gasteiger partial charge in [-0.2, -0.15) is 0 Å². The molecule has 0 saturated carbocycles. The number of hydrogen-bond acceptors (Lipinski definition) is 4. The Morgan fingerprint density at radius 2 is 2.12 bits per heavy atom. The molecule has 1 atom stereocenters. The van der Waals surface area contributed by atoms with Crippen molar-refractivity contribution in [1.29, 1.82) is 0 Å². The first kappa shape index (κ1) is 18.7. The highest BCUT2D eigenvalue weighted by Crippen LogP contribution is 2.25. The van der Waals surface area contributed by atoms with Crippen LogP contribution in [0.2, 0.25) is 0 Å². The summed E-state index contributed by atoms with van der Waals surface area (Å²) in [6, 6.07) is 9.04. The Morgan fingerprint density at radius 1 is 1.36 bits per heavy atom. The normalized spacial score (nSPS) is 11.7. The maximum Gasteiger partial charge on any atom is 0.317 e. The van der Waals surface area contributed by atoms with Crippen molar-refractivity contribution in [2.24, 2.45) is 0 Å². The van der Waals surface area contributed by atoms with Gasteiger partial charge in [0.15, 0.2) is 0 Å². The van der Waals surface area contributed by atoms with Crippen LogP contribution >= 0.6 is 0 Å². The van der Waals surface area contributed by atoms with Crippen molar-refractivity contribution >= 4 is 6.03 Å². The van der Waals surface area contributed by atoms with E-state index in [9.17, 15) is 4.79 Å². The number of carbonyl (C=O) groups excluding carboxylic acids is 1. The van der Waals surface area contributed by atoms with E-state index in [1.807, 2.05) is 38.1 Å². The van der Waals surface area contributed by atoms with Crippen LogP contribution in [0.4, 0.5) is 4.79 Å². The largest absolute Gasteiger partial charge is 0.439 e. The molecule has 0 aliphatic rings. The molecule has 0 saturated heterocycles. The molecule has 6 nitrogen and oxygen atoms in total. The van der Waals surface area contributed by atoms with Crippen molar-refractivity contribution in [1.82, 2.24) is 15.2 Å². The molecule has 2 rings (SSSR count). The fraction of sp³-hybridized carbons (Fsp3) is 0.368. The van der Waals surface area contributed by atoms with Crippen molar-refractivity contribution in [3.05, 3.63) is 53.2 Å². The second-order valence-electron chi connectivity index (χ2n) is 6.10. The van der Waals surface area contributed by atoms with Gasteiger partial charge >= 0.3 is 6.03 Å². The van der Waals surface area contributed by atoms with E-state index in [0.717, 1.165) is 22.4 Å². The lowest BCUT2D eigenvalue weighted by Crippen LogP contribution is -2.43. The third kappa shape index (κ3) is 4.93. The van der Waals surface area contributed by atoms with Crippen LogP contribution < -0.4 is 10.1 Å². The molecular formula is C19H25N3O3. The van der Waals surface area contributed by atoms with Gasteiger partial charge in [0, 0.05) is 25.9 Å². The summed E-state index contributed by atoms with van der Waals surface area (Å²) in [5, 5.41) is 11.9. The number of hydrogen-bond donors (Lipinski definition) is 2. The Balaban J connectivity index is 2.02. The van der Waals surface area contributed by atoms with Gasteiger partial charge in [0.05, 0.1) is 12.6 Å². The number of rotatable bonds is 6. The van der Waals surface area contributed by atoms with Crippen LogP contribution in [0.15, 0.2) is 36.5 Å². The SMILES string of the molecule is Cc1cccc(Oc2cc(CNC(=O)N(C)[C@@H](C)CO)ccn2)c1C. The van der Waals surface area contributed by atoms with Crippen LogP contribution in [-0.4, -0.2) is 40.7 Å². The molecule has 134 valence electrons. The standard InChI is InChI=1S/C19H25N3O3/c1-13-6-5-7-17(15(13)3)25-18-10-16(8-9-20-18)11-21-19(24)22(4)14(2)12-23/h5-10,14,23H,11-12H2,1-4H3,(H,21,24)/t14-/m0/s1. The highest BCUT2D eigenvalue weighted by atomic mass is 16.5. The van der Waals surface area contributed by atoms with Crippen molar-refractivity contribution < 1.29 is 14.6 Å². The molecule has 1 heterocycles. The summed E-state index contributed by atoms with van der Waals surface area (Å²) in [6.45, 7) is 6.10. The van der Waals surface area contributed by atoms with Crippen LogP contribution in [0.3, 0.4) is 0 Å². The topological polar surface area (TPSA) is 74.7 Å². The molecule has 1 aromatic heterocycles. The first-order chi connectivity index (χ1) is 11.9. The van der Waals surface area contributed by atoms with Crippen LogP contribution in [0, 0.1) is 13.8 Å². The number of ether oxygens (including phenoxy) is 1. The van der Waals surface area contributed by atoms with Gasteiger partial charge in [-0.3, -0.25) is 0 Å². The van der Waals surface area contributed by atoms with E-state index in [1.165, 1.54) is 4.90 Å². The Bertz CT molecular complexity index is 734. The van der Waals surface area contributed by atoms with Crippen LogP contribution in [-0.2, 0) is 6.54 Å². The highest BCUT2D eigenvalue weighted by Gasteiger charge is 2.14. The van der Waals surface area contributed by atoms with E-state index in [0.29, 0.717) is 12.4 Å². The number of carbonyl (C=O) groups is 1. The molecule has 0 spiro atoms. The lowest BCUT2D eigenvalue weighted by molar-refractivity contribution is 0.157. The third-order valence-electron chi connectivity index (χ3n) is 4.26. The molecule has 25 heavy (non-hydrogen) atoms. The van der Waals surface area contributed by atoms with Gasteiger partial charge in [-0.15, -0.1) is 0 Å². The zero-order chi connectivity index (χ0) is 18.4. The molecule has 0 aliphatic heterocycles. The summed E-state index contributed by atoms with van der Waals surface area (Å²) in [5.74, 6) is 1.25. The third-order valence-corrected chi connectivity index (χ3v) is 4.26. The minimum Gasteiger partial charge on any atom is -0.439 e. The molecule has 2 N–H and O–H groups in total. The minimum absolute atomic E-state index is 0.0764. The first-order valence-electron chi connectivity index (χ1n) is 8.23. The van der Waals surface area contributed by atoms with Gasteiger partial charge in [-0.25, -0.2) is 9.78 Å². The lowest BCUT2D eigenvalue weighted by Gasteiger charge is -2.23. The van der Waals surface area contributed by atoms with Gasteiger partial charge in [0.2, 0.25) is 5.88 Å². The zero-order valence-corrected chi connectivity index (χ0v) is 15.1. The predicted molar refractivity (Wildman–Crippen MR) is 96.8 cm³/mol. The minimum atomic E-state index is -0.240. The summed E-state index contributed by atoms with van der Waals surface area (Å²) in [6.07, 6.45) is 1.65. The number of nitrogens with zero attached hydrogens (tertiary/aromatic N) is 2. The van der Waals surface area contributed by atoms with E-state index >= 15 is 0 Å². The Hall–Kier alpha value is -2.60. The molecule has 0 aliphatic carbocycles. The smallest absolute Gasteiger partial charge is 0.317 e. The molecule has 0 radical (unpaired) electrons. The molecule has 0 unspecified atom stereocenters. The fourth-order valence-corrected chi connectivity index (χ4v) is 2.19. The molecule has 1 aromatic carbocycles. The summed E-state index contributed by atoms with van der Waals surface area (Å²) in [4.78, 5) is 17.7. The van der Waals surface area contributed by atoms with Gasteiger partial charge in [0.25, 0.3) is 0 Å². The Kier molecular flexibility index (Phi) is 6.36. The van der Waals surface area contributed by atoms with Crippen molar-refractivity contribution in [2.45, 2.75) is 33.4 Å². The number of urea groups is 1. The summed E-state index contributed by atoms with van der Waals surface area (Å²) in [5.41, 5.74) is 3.11. The van der Waals surface area contributed by atoms with Crippen molar-refractivity contribution in [2.75, 3.05) is 13.7 Å². The number of aliphatic hydroxyl groups is 1. The molecule has 2 aromatic rings. The number of pyridine rings is 1. The average Bonchev–Trinajstić information content (AvgIpc) is 2.62. The van der Waals surface area contributed by atoms with E-state index < -0.39 is 0 Å². The van der Waals surface area contributed by atoms with Gasteiger partial charge < -0.3 is 20.1 Å². The van der Waals surface area contributed by atoms with E-state index in [-0.39, 0.29) is 18.7 Å².